The summed E-state index contributed by atoms with van der Waals surface area (Å²) in [6.07, 6.45) is -0.285. The summed E-state index contributed by atoms with van der Waals surface area (Å²) in [5.74, 6) is -2.25. The topological polar surface area (TPSA) is 80.7 Å². The minimum Gasteiger partial charge on any atom is -0.543 e. The Kier molecular flexibility index (Phi) is 5.40. The molecule has 2 aliphatic rings. The molecule has 1 amide bonds. The average Bonchev–Trinajstić information content (AvgIpc) is 2.83. The third-order valence-corrected chi connectivity index (χ3v) is 5.25. The number of aliphatic hydroxyl groups excluding tert-OH is 1. The van der Waals surface area contributed by atoms with Gasteiger partial charge in [-0.15, -0.1) is 0 Å². The number of hydrogen-bond acceptors (Lipinski definition) is 5. The predicted octanol–water partition coefficient (Wildman–Crippen LogP) is -2.59. The quantitative estimate of drug-likeness (QED) is 0.485. The van der Waals surface area contributed by atoms with E-state index in [4.69, 9.17) is 0 Å². The van der Waals surface area contributed by atoms with Crippen LogP contribution in [0.3, 0.4) is 0 Å². The van der Waals surface area contributed by atoms with E-state index >= 15 is 0 Å². The molecule has 0 aliphatic carbocycles. The summed E-state index contributed by atoms with van der Waals surface area (Å²) in [6.45, 7) is 1.80. The third kappa shape index (κ3) is 2.63. The van der Waals surface area contributed by atoms with Crippen molar-refractivity contribution in [1.82, 2.24) is 4.90 Å². The summed E-state index contributed by atoms with van der Waals surface area (Å²) in [5.41, 5.74) is 0.661. The molecule has 2 aliphatic heterocycles. The molecule has 1 fully saturated rings. The Morgan fingerprint density at radius 3 is 2.59 bits per heavy atom. The number of carboxylic acids is 1. The molecular formula is C15H14NNaO4S. The van der Waals surface area contributed by atoms with E-state index in [9.17, 15) is 19.8 Å². The largest absolute Gasteiger partial charge is 1.00 e. The molecule has 110 valence electrons. The minimum absolute atomic E-state index is 0. The van der Waals surface area contributed by atoms with Crippen molar-refractivity contribution in [1.29, 1.82) is 0 Å². The molecule has 0 unspecified atom stereocenters. The Bertz CT molecular complexity index is 634. The number of carboxylic acid groups (broad SMARTS) is 1. The number of hydrogen-bond donors (Lipinski definition) is 1. The van der Waals surface area contributed by atoms with Crippen LogP contribution in [0.1, 0.15) is 18.9 Å². The summed E-state index contributed by atoms with van der Waals surface area (Å²) in [5, 5.41) is 21.0. The van der Waals surface area contributed by atoms with Crippen molar-refractivity contribution in [3.05, 3.63) is 41.6 Å². The number of aliphatic carboxylic acids is 1. The Morgan fingerprint density at radius 1 is 1.41 bits per heavy atom. The van der Waals surface area contributed by atoms with Crippen LogP contribution in [0.2, 0.25) is 0 Å². The number of carbonyl (C=O) groups is 2. The smallest absolute Gasteiger partial charge is 0.543 e. The molecular weight excluding hydrogens is 313 g/mol. The number of carbonyl (C=O) groups excluding carboxylic acids is 2. The van der Waals surface area contributed by atoms with Crippen molar-refractivity contribution in [3.8, 4) is 0 Å². The van der Waals surface area contributed by atoms with E-state index in [1.165, 1.54) is 16.7 Å². The normalized spacial score (nSPS) is 24.5. The van der Waals surface area contributed by atoms with E-state index in [2.05, 4.69) is 0 Å². The Balaban J connectivity index is 0.00000176. The standard InChI is InChI=1S/C15H15NO4S.Na/c1-2-9(17)10-13(18)16-11(15(19)20)12(21-14(10)16)8-6-4-3-5-7-8;/h3-7,9-10,14,17H,2H2,1H3,(H,19,20);/q;+1/p-1/t9-,10+,14+;/m0./s1. The fourth-order valence-electron chi connectivity index (χ4n) is 2.73. The van der Waals surface area contributed by atoms with Gasteiger partial charge in [-0.3, -0.25) is 9.69 Å². The van der Waals surface area contributed by atoms with E-state index in [0.717, 1.165) is 5.56 Å². The van der Waals surface area contributed by atoms with Gasteiger partial charge in [0.25, 0.3) is 0 Å². The average molecular weight is 327 g/mol. The molecule has 1 aromatic rings. The van der Waals surface area contributed by atoms with Gasteiger partial charge < -0.3 is 15.0 Å². The number of thioether (sulfide) groups is 1. The molecule has 0 bridgehead atoms. The summed E-state index contributed by atoms with van der Waals surface area (Å²) >= 11 is 1.31. The van der Waals surface area contributed by atoms with Gasteiger partial charge in [0.1, 0.15) is 5.37 Å². The van der Waals surface area contributed by atoms with Crippen molar-refractivity contribution >= 4 is 28.5 Å². The summed E-state index contributed by atoms with van der Waals surface area (Å²) in [7, 11) is 0. The Morgan fingerprint density at radius 2 is 2.05 bits per heavy atom. The minimum atomic E-state index is -1.36. The molecule has 1 aromatic carbocycles. The van der Waals surface area contributed by atoms with Gasteiger partial charge in [0.05, 0.1) is 23.7 Å². The van der Waals surface area contributed by atoms with Crippen LogP contribution in [-0.4, -0.2) is 33.4 Å². The van der Waals surface area contributed by atoms with Crippen molar-refractivity contribution in [2.45, 2.75) is 24.8 Å². The van der Waals surface area contributed by atoms with Crippen molar-refractivity contribution < 1.29 is 49.4 Å². The van der Waals surface area contributed by atoms with Crippen LogP contribution in [0.25, 0.3) is 4.91 Å². The molecule has 2 heterocycles. The first kappa shape index (κ1) is 17.6. The van der Waals surface area contributed by atoms with E-state index < -0.39 is 18.0 Å². The molecule has 7 heteroatoms. The molecule has 0 saturated carbocycles. The number of β-lactam (4-membered cyclic amide) rings is 1. The summed E-state index contributed by atoms with van der Waals surface area (Å²) in [4.78, 5) is 25.4. The number of benzene rings is 1. The molecule has 5 nitrogen and oxygen atoms in total. The fourth-order valence-corrected chi connectivity index (χ4v) is 4.30. The van der Waals surface area contributed by atoms with Crippen LogP contribution in [-0.2, 0) is 9.59 Å². The zero-order valence-electron chi connectivity index (χ0n) is 12.4. The summed E-state index contributed by atoms with van der Waals surface area (Å²) in [6, 6.07) is 9.06. The first-order chi connectivity index (χ1) is 10.1. The van der Waals surface area contributed by atoms with Crippen molar-refractivity contribution in [2.24, 2.45) is 5.92 Å². The molecule has 1 N–H and O–H groups in total. The Labute approximate surface area is 154 Å². The maximum absolute atomic E-state index is 12.2. The van der Waals surface area contributed by atoms with Crippen LogP contribution in [0.15, 0.2) is 36.0 Å². The van der Waals surface area contributed by atoms with Gasteiger partial charge in [0.15, 0.2) is 0 Å². The van der Waals surface area contributed by atoms with Gasteiger partial charge in [0, 0.05) is 4.91 Å². The van der Waals surface area contributed by atoms with Crippen LogP contribution in [0.5, 0.6) is 0 Å². The van der Waals surface area contributed by atoms with Gasteiger partial charge in [-0.1, -0.05) is 49.0 Å². The van der Waals surface area contributed by atoms with Gasteiger partial charge in [-0.2, -0.15) is 0 Å². The zero-order valence-corrected chi connectivity index (χ0v) is 15.2. The number of nitrogens with zero attached hydrogens (tertiary/aromatic N) is 1. The summed E-state index contributed by atoms with van der Waals surface area (Å²) < 4.78 is 0. The number of amides is 1. The predicted molar refractivity (Wildman–Crippen MR) is 76.4 cm³/mol. The molecule has 0 radical (unpaired) electrons. The monoisotopic (exact) mass is 327 g/mol. The second-order valence-electron chi connectivity index (χ2n) is 5.05. The van der Waals surface area contributed by atoms with E-state index in [-0.39, 0.29) is 46.5 Å². The van der Waals surface area contributed by atoms with Gasteiger partial charge >= 0.3 is 29.6 Å². The second-order valence-corrected chi connectivity index (χ2v) is 6.18. The van der Waals surface area contributed by atoms with Crippen LogP contribution in [0, 0.1) is 5.92 Å². The maximum Gasteiger partial charge on any atom is 1.00 e. The van der Waals surface area contributed by atoms with Gasteiger partial charge in [-0.05, 0) is 12.0 Å². The fraction of sp³-hybridized carbons (Fsp3) is 0.333. The molecule has 22 heavy (non-hydrogen) atoms. The number of rotatable bonds is 4. The SMILES string of the molecule is CC[C@H](O)[C@@H]1C(=O)N2C(C(=O)[O-])=C(c3ccccc3)S[C@H]12.[Na+]. The molecule has 3 atom stereocenters. The first-order valence-electron chi connectivity index (χ1n) is 6.75. The maximum atomic E-state index is 12.2. The van der Waals surface area contributed by atoms with E-state index in [1.807, 2.05) is 18.2 Å². The van der Waals surface area contributed by atoms with E-state index in [1.54, 1.807) is 19.1 Å². The number of aliphatic hydroxyl groups is 1. The molecule has 3 rings (SSSR count). The van der Waals surface area contributed by atoms with Crippen LogP contribution >= 0.6 is 11.8 Å². The van der Waals surface area contributed by atoms with Crippen molar-refractivity contribution in [2.75, 3.05) is 0 Å². The van der Waals surface area contributed by atoms with Crippen LogP contribution < -0.4 is 34.7 Å². The molecule has 1 saturated heterocycles. The first-order valence-corrected chi connectivity index (χ1v) is 7.63. The Hall–Kier alpha value is -0.790. The van der Waals surface area contributed by atoms with Gasteiger partial charge in [-0.25, -0.2) is 0 Å². The van der Waals surface area contributed by atoms with Crippen LogP contribution in [0.4, 0.5) is 0 Å². The second kappa shape index (κ2) is 6.76. The van der Waals surface area contributed by atoms with Gasteiger partial charge in [0.2, 0.25) is 5.91 Å². The zero-order chi connectivity index (χ0) is 15.1. The molecule has 0 spiro atoms. The number of fused-ring (bicyclic) bond motifs is 1. The third-order valence-electron chi connectivity index (χ3n) is 3.84. The van der Waals surface area contributed by atoms with Crippen molar-refractivity contribution in [3.63, 3.8) is 0 Å². The van der Waals surface area contributed by atoms with E-state index in [0.29, 0.717) is 11.3 Å². The molecule has 0 aromatic heterocycles.